The topological polar surface area (TPSA) is 182 Å². The van der Waals surface area contributed by atoms with Crippen LogP contribution in [0.4, 0.5) is 10.6 Å². The molecule has 310 valence electrons. The molecule has 0 bridgehead atoms. The third-order valence-electron chi connectivity index (χ3n) is 11.4. The highest BCUT2D eigenvalue weighted by Gasteiger charge is 2.67. The second-order valence-electron chi connectivity index (χ2n) is 17.7. The minimum atomic E-state index is -3.24. The Bertz CT molecular complexity index is 1750. The zero-order valence-electron chi connectivity index (χ0n) is 34.9. The molecular formula is C39H61N5O10Si2. The molecule has 1 unspecified atom stereocenters. The highest BCUT2D eigenvalue weighted by Crippen LogP contribution is 2.51. The Hall–Kier alpha value is -3.41. The number of rotatable bonds is 11. The van der Waals surface area contributed by atoms with E-state index < -0.39 is 71.3 Å². The molecule has 2 saturated heterocycles. The van der Waals surface area contributed by atoms with Crippen LogP contribution in [0.25, 0.3) is 5.52 Å². The molecular weight excluding hydrogens is 755 g/mol. The number of hydrogen-bond acceptors (Lipinski definition) is 13. The van der Waals surface area contributed by atoms with E-state index in [1.165, 1.54) is 10.8 Å². The second-order valence-corrected chi connectivity index (χ2v) is 26.5. The SMILES string of the molecule is CC(C)[Si]1(C(C)C)OCC2O[C@@](C#N)(c3ccc4c(NC(=O)OCOC(=O)C(C)(C)C)ncnn34)[C@H](OC(=O)CC3CCCCC3)[C@@H]2O[Si](C(C)C)(C(C)C)O1. The standard InChI is InChI=1S/C39H61N5O10Si2/c1-24(2)55(25(3)4)50-20-30-33(53-56(54-55,26(5)6)27(7)8)34(51-32(45)19-28-15-13-12-14-16-28)39(21-40,52-30)31-18-17-29-35(41-22-42-44(29)31)43-37(47)49-23-48-36(46)38(9,10)11/h17-18,22,24-28,30,33-34H,12-16,19-20,23H2,1-11H3,(H,41,42,43,47)/t30?,33-,34-,39+/m1/s1. The van der Waals surface area contributed by atoms with Crippen molar-refractivity contribution in [3.8, 4) is 6.07 Å². The van der Waals surface area contributed by atoms with Crippen molar-refractivity contribution in [1.82, 2.24) is 14.6 Å². The summed E-state index contributed by atoms with van der Waals surface area (Å²) < 4.78 is 46.7. The van der Waals surface area contributed by atoms with E-state index in [1.54, 1.807) is 32.9 Å². The molecule has 2 aromatic rings. The van der Waals surface area contributed by atoms with Gasteiger partial charge in [0.05, 0.1) is 17.7 Å². The number of nitrogens with one attached hydrogen (secondary N) is 1. The van der Waals surface area contributed by atoms with E-state index in [9.17, 15) is 19.6 Å². The zero-order valence-corrected chi connectivity index (χ0v) is 36.9. The van der Waals surface area contributed by atoms with Crippen molar-refractivity contribution in [2.75, 3.05) is 18.7 Å². The number of ether oxygens (including phenoxy) is 4. The largest absolute Gasteiger partial charge is 0.455 e. The molecule has 4 atom stereocenters. The van der Waals surface area contributed by atoms with Crippen molar-refractivity contribution in [3.05, 3.63) is 24.2 Å². The number of carbonyl (C=O) groups is 3. The van der Waals surface area contributed by atoms with Gasteiger partial charge in [-0.2, -0.15) is 10.4 Å². The molecule has 1 saturated carbocycles. The Morgan fingerprint density at radius 1 is 0.982 bits per heavy atom. The lowest BCUT2D eigenvalue weighted by molar-refractivity contribution is -0.162. The Morgan fingerprint density at radius 2 is 1.62 bits per heavy atom. The highest BCUT2D eigenvalue weighted by atomic mass is 28.5. The number of aromatic nitrogens is 3. The molecule has 2 aromatic heterocycles. The highest BCUT2D eigenvalue weighted by molar-refractivity contribution is 6.84. The third kappa shape index (κ3) is 8.56. The average molecular weight is 816 g/mol. The maximum absolute atomic E-state index is 14.0. The molecule has 17 heteroatoms. The fraction of sp³-hybridized carbons (Fsp3) is 0.744. The van der Waals surface area contributed by atoms with Gasteiger partial charge in [-0.25, -0.2) is 14.3 Å². The number of nitriles is 1. The van der Waals surface area contributed by atoms with Gasteiger partial charge in [0, 0.05) is 6.42 Å². The molecule has 0 aromatic carbocycles. The number of anilines is 1. The van der Waals surface area contributed by atoms with E-state index >= 15 is 0 Å². The van der Waals surface area contributed by atoms with E-state index in [0.717, 1.165) is 32.1 Å². The number of esters is 2. The van der Waals surface area contributed by atoms with Crippen LogP contribution in [0.1, 0.15) is 120 Å². The van der Waals surface area contributed by atoms with Gasteiger partial charge >= 0.3 is 35.2 Å². The average Bonchev–Trinajstić information content (AvgIpc) is 3.68. The molecule has 3 aliphatic rings. The van der Waals surface area contributed by atoms with Gasteiger partial charge in [0.15, 0.2) is 11.9 Å². The summed E-state index contributed by atoms with van der Waals surface area (Å²) in [5.41, 5.74) is -2.05. The first-order chi connectivity index (χ1) is 26.3. The van der Waals surface area contributed by atoms with Crippen molar-refractivity contribution in [2.45, 2.75) is 161 Å². The van der Waals surface area contributed by atoms with Gasteiger partial charge in [0.2, 0.25) is 12.4 Å². The molecule has 3 fully saturated rings. The number of hydrogen-bond donors (Lipinski definition) is 1. The summed E-state index contributed by atoms with van der Waals surface area (Å²) in [6.07, 6.45) is 2.70. The van der Waals surface area contributed by atoms with Crippen molar-refractivity contribution in [3.63, 3.8) is 0 Å². The Labute approximate surface area is 332 Å². The lowest BCUT2D eigenvalue weighted by atomic mass is 9.87. The first-order valence-electron chi connectivity index (χ1n) is 20.1. The summed E-state index contributed by atoms with van der Waals surface area (Å²) in [6, 6.07) is 5.67. The summed E-state index contributed by atoms with van der Waals surface area (Å²) in [4.78, 5) is 43.2. The monoisotopic (exact) mass is 815 g/mol. The van der Waals surface area contributed by atoms with Gasteiger partial charge in [0.1, 0.15) is 30.1 Å². The molecule has 0 radical (unpaired) electrons. The zero-order chi connectivity index (χ0) is 41.2. The second kappa shape index (κ2) is 17.2. The molecule has 5 rings (SSSR count). The van der Waals surface area contributed by atoms with Crippen LogP contribution in [0, 0.1) is 22.7 Å². The first-order valence-corrected chi connectivity index (χ1v) is 24.0. The molecule has 0 spiro atoms. The van der Waals surface area contributed by atoms with Gasteiger partial charge in [-0.15, -0.1) is 0 Å². The summed E-state index contributed by atoms with van der Waals surface area (Å²) in [5.74, 6) is -0.716. The van der Waals surface area contributed by atoms with Crippen LogP contribution in [-0.2, 0) is 47.1 Å². The normalized spacial score (nSPS) is 25.4. The van der Waals surface area contributed by atoms with Crippen molar-refractivity contribution in [1.29, 1.82) is 5.26 Å². The van der Waals surface area contributed by atoms with Gasteiger partial charge in [0.25, 0.3) is 0 Å². The minimum absolute atomic E-state index is 0.0304. The number of amides is 1. The van der Waals surface area contributed by atoms with Crippen LogP contribution in [-0.4, -0.2) is 81.5 Å². The summed E-state index contributed by atoms with van der Waals surface area (Å²) in [5, 5.41) is 18.4. The van der Waals surface area contributed by atoms with Crippen LogP contribution >= 0.6 is 0 Å². The Morgan fingerprint density at radius 3 is 2.21 bits per heavy atom. The van der Waals surface area contributed by atoms with Crippen LogP contribution in [0.15, 0.2) is 18.5 Å². The molecule has 1 amide bonds. The smallest absolute Gasteiger partial charge is 0.415 e. The van der Waals surface area contributed by atoms with Crippen molar-refractivity contribution in [2.24, 2.45) is 11.3 Å². The molecule has 2 aliphatic heterocycles. The lowest BCUT2D eigenvalue weighted by Gasteiger charge is -2.51. The Kier molecular flexibility index (Phi) is 13.4. The molecule has 1 aliphatic carbocycles. The maximum Gasteiger partial charge on any atom is 0.415 e. The van der Waals surface area contributed by atoms with Crippen molar-refractivity contribution < 1.29 is 46.3 Å². The number of nitrogens with zero attached hydrogens (tertiary/aromatic N) is 4. The van der Waals surface area contributed by atoms with Gasteiger partial charge in [-0.1, -0.05) is 74.7 Å². The lowest BCUT2D eigenvalue weighted by Crippen LogP contribution is -2.66. The summed E-state index contributed by atoms with van der Waals surface area (Å²) in [6.45, 7) is 21.4. The predicted molar refractivity (Wildman–Crippen MR) is 211 cm³/mol. The number of fused-ring (bicyclic) bond motifs is 2. The predicted octanol–water partition coefficient (Wildman–Crippen LogP) is 7.78. The van der Waals surface area contributed by atoms with Gasteiger partial charge in [-0.3, -0.25) is 14.9 Å². The minimum Gasteiger partial charge on any atom is -0.455 e. The molecule has 56 heavy (non-hydrogen) atoms. The fourth-order valence-electron chi connectivity index (χ4n) is 8.32. The van der Waals surface area contributed by atoms with E-state index in [-0.39, 0.29) is 52.6 Å². The van der Waals surface area contributed by atoms with Crippen LogP contribution in [0.2, 0.25) is 22.2 Å². The molecule has 4 heterocycles. The van der Waals surface area contributed by atoms with E-state index in [0.29, 0.717) is 5.52 Å². The van der Waals surface area contributed by atoms with Crippen LogP contribution in [0.3, 0.4) is 0 Å². The van der Waals surface area contributed by atoms with E-state index in [1.807, 2.05) is 0 Å². The molecule has 15 nitrogen and oxygen atoms in total. The first kappa shape index (κ1) is 43.7. The van der Waals surface area contributed by atoms with Gasteiger partial charge < -0.3 is 31.9 Å². The fourth-order valence-corrected chi connectivity index (χ4v) is 19.5. The van der Waals surface area contributed by atoms with E-state index in [4.69, 9.17) is 31.9 Å². The quantitative estimate of drug-likeness (QED) is 0.132. The number of carbonyl (C=O) groups excluding carboxylic acids is 3. The Balaban J connectivity index is 1.57. The summed E-state index contributed by atoms with van der Waals surface area (Å²) >= 11 is 0. The molecule has 1 N–H and O–H groups in total. The summed E-state index contributed by atoms with van der Waals surface area (Å²) in [7, 11) is -6.22. The van der Waals surface area contributed by atoms with E-state index in [2.05, 4.69) is 76.9 Å². The van der Waals surface area contributed by atoms with Crippen LogP contribution in [0.5, 0.6) is 0 Å². The van der Waals surface area contributed by atoms with Crippen LogP contribution < -0.4 is 5.32 Å². The van der Waals surface area contributed by atoms with Gasteiger partial charge in [-0.05, 0) is 73.8 Å². The third-order valence-corrected chi connectivity index (χ3v) is 21.6. The maximum atomic E-state index is 14.0. The van der Waals surface area contributed by atoms with Crippen molar-refractivity contribution >= 4 is 46.5 Å².